The van der Waals surface area contributed by atoms with Crippen LogP contribution < -0.4 is 9.47 Å². The first-order valence-corrected chi connectivity index (χ1v) is 11.3. The average Bonchev–Trinajstić information content (AvgIpc) is 3.08. The van der Waals surface area contributed by atoms with Crippen LogP contribution >= 0.6 is 0 Å². The molecule has 1 saturated heterocycles. The highest BCUT2D eigenvalue weighted by Crippen LogP contribution is 2.28. The lowest BCUT2D eigenvalue weighted by molar-refractivity contribution is 0.0608. The molecule has 0 bridgehead atoms. The molecule has 3 rings (SSSR count). The van der Waals surface area contributed by atoms with Crippen molar-refractivity contribution in [3.8, 4) is 11.5 Å². The van der Waals surface area contributed by atoms with Crippen LogP contribution in [-0.4, -0.2) is 77.7 Å². The largest absolute Gasteiger partial charge is 0.493 e. The summed E-state index contributed by atoms with van der Waals surface area (Å²) in [5.41, 5.74) is 3.39. The van der Waals surface area contributed by atoms with E-state index in [9.17, 15) is 5.11 Å². The molecule has 1 aliphatic rings. The molecule has 172 valence electrons. The van der Waals surface area contributed by atoms with E-state index < -0.39 is 6.10 Å². The fourth-order valence-electron chi connectivity index (χ4n) is 4.17. The zero-order valence-corrected chi connectivity index (χ0v) is 19.5. The number of rotatable bonds is 11. The summed E-state index contributed by atoms with van der Waals surface area (Å²) in [5.74, 6) is 1.38. The molecule has 1 unspecified atom stereocenters. The topological polar surface area (TPSA) is 63.0 Å². The highest BCUT2D eigenvalue weighted by Gasteiger charge is 2.16. The van der Waals surface area contributed by atoms with Crippen LogP contribution in [0, 0.1) is 13.8 Å². The quantitative estimate of drug-likeness (QED) is 0.592. The first-order chi connectivity index (χ1) is 14.9. The predicted octanol–water partition coefficient (Wildman–Crippen LogP) is 2.87. The summed E-state index contributed by atoms with van der Waals surface area (Å²) in [7, 11) is 3.76. The Morgan fingerprint density at radius 1 is 1.13 bits per heavy atom. The molecule has 7 heteroatoms. The summed E-state index contributed by atoms with van der Waals surface area (Å²) in [6, 6.07) is 8.13. The van der Waals surface area contributed by atoms with Gasteiger partial charge >= 0.3 is 0 Å². The molecule has 0 saturated carbocycles. The van der Waals surface area contributed by atoms with E-state index in [1.54, 1.807) is 7.11 Å². The minimum Gasteiger partial charge on any atom is -0.493 e. The maximum Gasteiger partial charge on any atom is 0.161 e. The van der Waals surface area contributed by atoms with Crippen molar-refractivity contribution in [2.24, 2.45) is 0 Å². The van der Waals surface area contributed by atoms with Gasteiger partial charge in [-0.2, -0.15) is 5.10 Å². The normalized spacial score (nSPS) is 15.9. The Bertz CT molecular complexity index is 817. The van der Waals surface area contributed by atoms with Gasteiger partial charge in [0.05, 0.1) is 19.3 Å². The van der Waals surface area contributed by atoms with Crippen LogP contribution in [0.25, 0.3) is 0 Å². The molecule has 1 aliphatic heterocycles. The number of hydrogen-bond acceptors (Lipinski definition) is 6. The van der Waals surface area contributed by atoms with Gasteiger partial charge in [0, 0.05) is 25.3 Å². The Kier molecular flexibility index (Phi) is 8.75. The number of aryl methyl sites for hydroxylation is 2. The van der Waals surface area contributed by atoms with E-state index in [0.717, 1.165) is 44.0 Å². The van der Waals surface area contributed by atoms with Crippen molar-refractivity contribution in [1.82, 2.24) is 19.6 Å². The third-order valence-electron chi connectivity index (χ3n) is 5.83. The van der Waals surface area contributed by atoms with Gasteiger partial charge in [0.1, 0.15) is 12.7 Å². The van der Waals surface area contributed by atoms with Crippen LogP contribution in [0.3, 0.4) is 0 Å². The average molecular weight is 431 g/mol. The van der Waals surface area contributed by atoms with Gasteiger partial charge in [0.25, 0.3) is 0 Å². The first kappa shape index (κ1) is 23.6. The Morgan fingerprint density at radius 3 is 2.58 bits per heavy atom. The zero-order chi connectivity index (χ0) is 22.2. The van der Waals surface area contributed by atoms with E-state index in [-0.39, 0.29) is 6.61 Å². The third kappa shape index (κ3) is 7.23. The number of benzene rings is 1. The van der Waals surface area contributed by atoms with Crippen LogP contribution in [0.2, 0.25) is 0 Å². The molecular formula is C24H38N4O3. The molecule has 7 nitrogen and oxygen atoms in total. The molecular weight excluding hydrogens is 392 g/mol. The highest BCUT2D eigenvalue weighted by atomic mass is 16.5. The summed E-state index contributed by atoms with van der Waals surface area (Å²) in [4.78, 5) is 4.59. The number of ether oxygens (including phenoxy) is 2. The van der Waals surface area contributed by atoms with Crippen LogP contribution in [0.1, 0.15) is 36.2 Å². The Hall–Kier alpha value is -2.09. The second kappa shape index (κ2) is 11.5. The van der Waals surface area contributed by atoms with Crippen molar-refractivity contribution < 1.29 is 14.6 Å². The Labute approximate surface area is 186 Å². The fraction of sp³-hybridized carbons (Fsp3) is 0.625. The number of piperidine rings is 1. The third-order valence-corrected chi connectivity index (χ3v) is 5.83. The lowest BCUT2D eigenvalue weighted by atomic mass is 10.1. The SMILES string of the molecule is COc1ccc(CN(C)CCn2nc(C)cc2C)cc1OCC(O)CN1CCCCC1. The smallest absolute Gasteiger partial charge is 0.161 e. The van der Waals surface area contributed by atoms with Gasteiger partial charge in [-0.15, -0.1) is 0 Å². The second-order valence-electron chi connectivity index (χ2n) is 8.70. The minimum atomic E-state index is -0.505. The fourth-order valence-corrected chi connectivity index (χ4v) is 4.17. The number of aliphatic hydroxyl groups excluding tert-OH is 1. The summed E-state index contributed by atoms with van der Waals surface area (Å²) in [6.45, 7) is 9.75. The summed E-state index contributed by atoms with van der Waals surface area (Å²) in [6.07, 6.45) is 3.23. The van der Waals surface area contributed by atoms with Crippen molar-refractivity contribution in [1.29, 1.82) is 0 Å². The van der Waals surface area contributed by atoms with Crippen LogP contribution in [0.15, 0.2) is 24.3 Å². The molecule has 1 aromatic carbocycles. The molecule has 31 heavy (non-hydrogen) atoms. The van der Waals surface area contributed by atoms with E-state index >= 15 is 0 Å². The lowest BCUT2D eigenvalue weighted by Gasteiger charge is -2.28. The molecule has 2 aromatic rings. The maximum atomic E-state index is 10.4. The van der Waals surface area contributed by atoms with E-state index in [1.165, 1.54) is 25.0 Å². The number of likely N-dealkylation sites (N-methyl/N-ethyl adjacent to an activating group) is 1. The number of hydrogen-bond donors (Lipinski definition) is 1. The van der Waals surface area contributed by atoms with E-state index in [2.05, 4.69) is 45.7 Å². The van der Waals surface area contributed by atoms with Gasteiger partial charge in [0.15, 0.2) is 11.5 Å². The lowest BCUT2D eigenvalue weighted by Crippen LogP contribution is -2.38. The molecule has 0 radical (unpaired) electrons. The molecule has 0 aliphatic carbocycles. The van der Waals surface area contributed by atoms with Gasteiger partial charge in [-0.25, -0.2) is 0 Å². The Balaban J connectivity index is 1.52. The van der Waals surface area contributed by atoms with Crippen molar-refractivity contribution >= 4 is 0 Å². The highest BCUT2D eigenvalue weighted by molar-refractivity contribution is 5.43. The van der Waals surface area contributed by atoms with Gasteiger partial charge < -0.3 is 24.4 Å². The number of aromatic nitrogens is 2. The van der Waals surface area contributed by atoms with Crippen molar-refractivity contribution in [2.75, 3.05) is 46.9 Å². The molecule has 2 heterocycles. The molecule has 1 N–H and O–H groups in total. The van der Waals surface area contributed by atoms with Crippen LogP contribution in [0.4, 0.5) is 0 Å². The molecule has 1 atom stereocenters. The maximum absolute atomic E-state index is 10.4. The number of methoxy groups -OCH3 is 1. The monoisotopic (exact) mass is 430 g/mol. The zero-order valence-electron chi connectivity index (χ0n) is 19.5. The second-order valence-corrected chi connectivity index (χ2v) is 8.70. The van der Waals surface area contributed by atoms with E-state index in [0.29, 0.717) is 18.0 Å². The van der Waals surface area contributed by atoms with Crippen molar-refractivity contribution in [2.45, 2.75) is 52.3 Å². The molecule has 1 fully saturated rings. The number of likely N-dealkylation sites (tertiary alicyclic amines) is 1. The summed E-state index contributed by atoms with van der Waals surface area (Å²) >= 11 is 0. The van der Waals surface area contributed by atoms with Gasteiger partial charge in [-0.1, -0.05) is 12.5 Å². The first-order valence-electron chi connectivity index (χ1n) is 11.3. The number of β-amino-alcohol motifs (C(OH)–C–C–N with tert-alkyl or cyclic N) is 1. The van der Waals surface area contributed by atoms with E-state index in [4.69, 9.17) is 9.47 Å². The molecule has 1 aromatic heterocycles. The van der Waals surface area contributed by atoms with Crippen molar-refractivity contribution in [3.05, 3.63) is 41.2 Å². The van der Waals surface area contributed by atoms with Crippen molar-refractivity contribution in [3.63, 3.8) is 0 Å². The van der Waals surface area contributed by atoms with Gasteiger partial charge in [-0.05, 0) is 70.6 Å². The van der Waals surface area contributed by atoms with Gasteiger partial charge in [0.2, 0.25) is 0 Å². The Morgan fingerprint density at radius 2 is 1.90 bits per heavy atom. The van der Waals surface area contributed by atoms with Crippen LogP contribution in [-0.2, 0) is 13.1 Å². The number of nitrogens with zero attached hydrogens (tertiary/aromatic N) is 4. The summed E-state index contributed by atoms with van der Waals surface area (Å²) in [5, 5.41) is 15.0. The van der Waals surface area contributed by atoms with Gasteiger partial charge in [-0.3, -0.25) is 4.68 Å². The number of aliphatic hydroxyl groups is 1. The van der Waals surface area contributed by atoms with E-state index in [1.807, 2.05) is 19.1 Å². The standard InChI is InChI=1S/C24H38N4O3/c1-19-14-20(2)28(25-19)13-12-26(3)16-21-8-9-23(30-4)24(15-21)31-18-22(29)17-27-10-6-5-7-11-27/h8-9,14-15,22,29H,5-7,10-13,16-18H2,1-4H3. The van der Waals surface area contributed by atoms with Crippen LogP contribution in [0.5, 0.6) is 11.5 Å². The minimum absolute atomic E-state index is 0.268. The summed E-state index contributed by atoms with van der Waals surface area (Å²) < 4.78 is 13.5. The predicted molar refractivity (Wildman–Crippen MR) is 123 cm³/mol. The molecule has 0 spiro atoms. The molecule has 0 amide bonds.